The first-order chi connectivity index (χ1) is 8.97. The Bertz CT molecular complexity index is 521. The number of thioether (sulfide) groups is 1. The zero-order valence-corrected chi connectivity index (χ0v) is 12.8. The molecule has 0 saturated carbocycles. The number of carbonyl (C=O) groups excluding carboxylic acids is 2. The third kappa shape index (κ3) is 3.51. The number of nitrogens with zero attached hydrogens (tertiary/aromatic N) is 1. The van der Waals surface area contributed by atoms with Crippen LogP contribution in [0.15, 0.2) is 22.7 Å². The van der Waals surface area contributed by atoms with E-state index in [-0.39, 0.29) is 22.7 Å². The number of phenolic OH excluding ortho intramolecular Hbond substituents is 1. The number of amides is 1. The van der Waals surface area contributed by atoms with Crippen LogP contribution in [0.3, 0.4) is 0 Å². The summed E-state index contributed by atoms with van der Waals surface area (Å²) in [5.41, 5.74) is 0.531. The third-order valence-corrected chi connectivity index (χ3v) is 4.49. The summed E-state index contributed by atoms with van der Waals surface area (Å²) in [4.78, 5) is 24.5. The maximum absolute atomic E-state index is 12.0. The van der Waals surface area contributed by atoms with Crippen LogP contribution in [0.5, 0.6) is 5.75 Å². The average molecular weight is 344 g/mol. The number of hydrogen-bond donors (Lipinski definition) is 1. The predicted octanol–water partition coefficient (Wildman–Crippen LogP) is 2.79. The van der Waals surface area contributed by atoms with E-state index in [1.54, 1.807) is 23.1 Å². The van der Waals surface area contributed by atoms with Crippen LogP contribution in [-0.2, 0) is 9.59 Å². The van der Waals surface area contributed by atoms with Crippen LogP contribution >= 0.6 is 27.7 Å². The largest absolute Gasteiger partial charge is 0.506 e. The SMILES string of the molecule is CC(=O)SCC1CC(=O)N(c2ccc(Br)cc2O)C1. The van der Waals surface area contributed by atoms with Gasteiger partial charge in [0, 0.05) is 30.1 Å². The van der Waals surface area contributed by atoms with Crippen molar-refractivity contribution in [1.82, 2.24) is 0 Å². The minimum Gasteiger partial charge on any atom is -0.506 e. The van der Waals surface area contributed by atoms with Crippen molar-refractivity contribution in [3.63, 3.8) is 0 Å². The molecule has 102 valence electrons. The lowest BCUT2D eigenvalue weighted by molar-refractivity contribution is -0.117. The minimum absolute atomic E-state index is 0.00762. The Hall–Kier alpha value is -1.01. The minimum atomic E-state index is -0.00762. The number of hydrogen-bond acceptors (Lipinski definition) is 4. The van der Waals surface area contributed by atoms with Gasteiger partial charge in [0.2, 0.25) is 5.91 Å². The van der Waals surface area contributed by atoms with Crippen molar-refractivity contribution >= 4 is 44.4 Å². The maximum Gasteiger partial charge on any atom is 0.227 e. The maximum atomic E-state index is 12.0. The highest BCUT2D eigenvalue weighted by Gasteiger charge is 2.32. The lowest BCUT2D eigenvalue weighted by Crippen LogP contribution is -2.24. The van der Waals surface area contributed by atoms with Crippen LogP contribution < -0.4 is 4.90 Å². The first-order valence-corrected chi connectivity index (χ1v) is 7.67. The number of anilines is 1. The fraction of sp³-hybridized carbons (Fsp3) is 0.385. The molecule has 1 fully saturated rings. The average Bonchev–Trinajstić information content (AvgIpc) is 2.68. The van der Waals surface area contributed by atoms with Crippen LogP contribution in [0.25, 0.3) is 0 Å². The second-order valence-corrected chi connectivity index (χ2v) is 6.62. The second kappa shape index (κ2) is 5.96. The molecule has 1 aliphatic heterocycles. The molecular formula is C13H14BrNO3S. The molecule has 0 spiro atoms. The van der Waals surface area contributed by atoms with Crippen LogP contribution in [0.4, 0.5) is 5.69 Å². The molecule has 1 amide bonds. The molecule has 1 aromatic rings. The molecule has 1 unspecified atom stereocenters. The molecule has 0 aromatic heterocycles. The van der Waals surface area contributed by atoms with Crippen molar-refractivity contribution in [3.8, 4) is 5.75 Å². The van der Waals surface area contributed by atoms with Gasteiger partial charge < -0.3 is 10.0 Å². The highest BCUT2D eigenvalue weighted by molar-refractivity contribution is 9.10. The topological polar surface area (TPSA) is 57.6 Å². The number of rotatable bonds is 3. The Morgan fingerprint density at radius 1 is 1.58 bits per heavy atom. The van der Waals surface area contributed by atoms with Gasteiger partial charge in [0.15, 0.2) is 5.12 Å². The number of phenols is 1. The van der Waals surface area contributed by atoms with E-state index in [0.717, 1.165) is 4.47 Å². The molecular weight excluding hydrogens is 330 g/mol. The number of benzene rings is 1. The van der Waals surface area contributed by atoms with Crippen LogP contribution in [0.2, 0.25) is 0 Å². The number of halogens is 1. The third-order valence-electron chi connectivity index (χ3n) is 2.96. The molecule has 1 saturated heterocycles. The molecule has 1 aromatic carbocycles. The van der Waals surface area contributed by atoms with Gasteiger partial charge in [0.25, 0.3) is 0 Å². The van der Waals surface area contributed by atoms with Crippen LogP contribution in [-0.4, -0.2) is 28.4 Å². The predicted molar refractivity (Wildman–Crippen MR) is 79.4 cm³/mol. The summed E-state index contributed by atoms with van der Waals surface area (Å²) < 4.78 is 0.768. The van der Waals surface area contributed by atoms with E-state index in [0.29, 0.717) is 24.4 Å². The Morgan fingerprint density at radius 2 is 2.32 bits per heavy atom. The van der Waals surface area contributed by atoms with E-state index in [1.807, 2.05) is 0 Å². The van der Waals surface area contributed by atoms with E-state index in [1.165, 1.54) is 18.7 Å². The monoisotopic (exact) mass is 343 g/mol. The highest BCUT2D eigenvalue weighted by atomic mass is 79.9. The molecule has 1 N–H and O–H groups in total. The van der Waals surface area contributed by atoms with Crippen LogP contribution in [0.1, 0.15) is 13.3 Å². The summed E-state index contributed by atoms with van der Waals surface area (Å²) >= 11 is 4.52. The van der Waals surface area contributed by atoms with Gasteiger partial charge in [-0.05, 0) is 24.1 Å². The smallest absolute Gasteiger partial charge is 0.227 e. The number of carbonyl (C=O) groups is 2. The van der Waals surface area contributed by atoms with Gasteiger partial charge in [-0.25, -0.2) is 0 Å². The van der Waals surface area contributed by atoms with E-state index < -0.39 is 0 Å². The fourth-order valence-electron chi connectivity index (χ4n) is 2.09. The molecule has 4 nitrogen and oxygen atoms in total. The van der Waals surface area contributed by atoms with Crippen molar-refractivity contribution in [1.29, 1.82) is 0 Å². The summed E-state index contributed by atoms with van der Waals surface area (Å²) in [5, 5.41) is 9.96. The molecule has 2 rings (SSSR count). The molecule has 0 aliphatic carbocycles. The van der Waals surface area contributed by atoms with Crippen molar-refractivity contribution < 1.29 is 14.7 Å². The molecule has 1 atom stereocenters. The van der Waals surface area contributed by atoms with Gasteiger partial charge in [0.05, 0.1) is 5.69 Å². The van der Waals surface area contributed by atoms with Crippen LogP contribution in [0, 0.1) is 5.92 Å². The fourth-order valence-corrected chi connectivity index (χ4v) is 3.13. The summed E-state index contributed by atoms with van der Waals surface area (Å²) in [6.45, 7) is 2.08. The molecule has 0 bridgehead atoms. The van der Waals surface area contributed by atoms with Crippen molar-refractivity contribution in [2.24, 2.45) is 5.92 Å². The summed E-state index contributed by atoms with van der Waals surface area (Å²) in [6, 6.07) is 5.08. The normalized spacial score (nSPS) is 18.9. The van der Waals surface area contributed by atoms with Gasteiger partial charge in [0.1, 0.15) is 5.75 Å². The Labute approximate surface area is 124 Å². The van der Waals surface area contributed by atoms with E-state index in [2.05, 4.69) is 15.9 Å². The van der Waals surface area contributed by atoms with Gasteiger partial charge in [-0.15, -0.1) is 0 Å². The standard InChI is InChI=1S/C13H14BrNO3S/c1-8(16)19-7-9-4-13(18)15(6-9)11-3-2-10(14)5-12(11)17/h2-3,5,9,17H,4,6-7H2,1H3. The van der Waals surface area contributed by atoms with Crippen molar-refractivity contribution in [2.75, 3.05) is 17.2 Å². The Morgan fingerprint density at radius 3 is 2.95 bits per heavy atom. The van der Waals surface area contributed by atoms with Gasteiger partial charge in [-0.2, -0.15) is 0 Å². The number of aromatic hydroxyl groups is 1. The molecule has 19 heavy (non-hydrogen) atoms. The summed E-state index contributed by atoms with van der Waals surface area (Å²) in [7, 11) is 0. The van der Waals surface area contributed by atoms with Crippen molar-refractivity contribution in [2.45, 2.75) is 13.3 Å². The quantitative estimate of drug-likeness (QED) is 0.916. The van der Waals surface area contributed by atoms with E-state index in [9.17, 15) is 14.7 Å². The van der Waals surface area contributed by atoms with E-state index >= 15 is 0 Å². The summed E-state index contributed by atoms with van der Waals surface area (Å²) in [5.74, 6) is 0.883. The summed E-state index contributed by atoms with van der Waals surface area (Å²) in [6.07, 6.45) is 0.426. The zero-order chi connectivity index (χ0) is 14.0. The lowest BCUT2D eigenvalue weighted by Gasteiger charge is -2.18. The zero-order valence-electron chi connectivity index (χ0n) is 10.4. The first kappa shape index (κ1) is 14.4. The van der Waals surface area contributed by atoms with Gasteiger partial charge in [-0.3, -0.25) is 9.59 Å². The van der Waals surface area contributed by atoms with Gasteiger partial charge in [-0.1, -0.05) is 27.7 Å². The van der Waals surface area contributed by atoms with Gasteiger partial charge >= 0.3 is 0 Å². The first-order valence-electron chi connectivity index (χ1n) is 5.89. The molecule has 6 heteroatoms. The highest BCUT2D eigenvalue weighted by Crippen LogP contribution is 2.35. The Kier molecular flexibility index (Phi) is 4.52. The second-order valence-electron chi connectivity index (χ2n) is 4.51. The molecule has 1 aliphatic rings. The lowest BCUT2D eigenvalue weighted by atomic mass is 10.1. The van der Waals surface area contributed by atoms with E-state index in [4.69, 9.17) is 0 Å². The molecule has 0 radical (unpaired) electrons. The molecule has 1 heterocycles. The Balaban J connectivity index is 2.09. The van der Waals surface area contributed by atoms with Crippen molar-refractivity contribution in [3.05, 3.63) is 22.7 Å².